The van der Waals surface area contributed by atoms with Crippen LogP contribution in [0.5, 0.6) is 0 Å². The van der Waals surface area contributed by atoms with Gasteiger partial charge in [-0.1, -0.05) is 54.6 Å². The van der Waals surface area contributed by atoms with Crippen LogP contribution in [0, 0.1) is 12.7 Å². The monoisotopic (exact) mass is 419 g/mol. The van der Waals surface area contributed by atoms with Gasteiger partial charge in [0, 0.05) is 12.3 Å². The molecule has 0 aliphatic heterocycles. The van der Waals surface area contributed by atoms with Crippen LogP contribution in [-0.2, 0) is 16.0 Å². The van der Waals surface area contributed by atoms with E-state index in [2.05, 4.69) is 5.32 Å². The van der Waals surface area contributed by atoms with E-state index in [0.717, 1.165) is 22.3 Å². The van der Waals surface area contributed by atoms with Crippen LogP contribution in [0.25, 0.3) is 11.1 Å². The third kappa shape index (κ3) is 4.28. The molecular weight excluding hydrogens is 397 g/mol. The number of carbonyl (C=O) groups is 2. The lowest BCUT2D eigenvalue weighted by molar-refractivity contribution is -0.139. The van der Waals surface area contributed by atoms with Crippen molar-refractivity contribution in [2.24, 2.45) is 0 Å². The largest absolute Gasteiger partial charge is 0.480 e. The molecule has 3 aromatic carbocycles. The van der Waals surface area contributed by atoms with Crippen molar-refractivity contribution in [3.8, 4) is 11.1 Å². The maximum atomic E-state index is 13.3. The first-order valence-corrected chi connectivity index (χ1v) is 10.0. The molecule has 158 valence electrons. The molecule has 0 saturated carbocycles. The molecule has 1 aliphatic carbocycles. The Bertz CT molecular complexity index is 1100. The molecular formula is C25H22FNO4. The molecule has 4 rings (SSSR count). The molecule has 1 atom stereocenters. The van der Waals surface area contributed by atoms with Gasteiger partial charge >= 0.3 is 12.1 Å². The Balaban J connectivity index is 1.44. The van der Waals surface area contributed by atoms with Crippen LogP contribution in [0.15, 0.2) is 66.7 Å². The highest BCUT2D eigenvalue weighted by atomic mass is 19.1. The molecule has 2 N–H and O–H groups in total. The van der Waals surface area contributed by atoms with Gasteiger partial charge in [0.05, 0.1) is 0 Å². The number of carboxylic acids is 1. The number of halogens is 1. The molecule has 31 heavy (non-hydrogen) atoms. The van der Waals surface area contributed by atoms with Crippen LogP contribution in [-0.4, -0.2) is 29.8 Å². The molecule has 0 saturated heterocycles. The summed E-state index contributed by atoms with van der Waals surface area (Å²) in [5.41, 5.74) is 5.65. The molecule has 0 spiro atoms. The number of rotatable bonds is 6. The summed E-state index contributed by atoms with van der Waals surface area (Å²) < 4.78 is 18.7. The summed E-state index contributed by atoms with van der Waals surface area (Å²) in [6, 6.07) is 18.9. The van der Waals surface area contributed by atoms with E-state index in [1.54, 1.807) is 6.92 Å². The average Bonchev–Trinajstić information content (AvgIpc) is 3.07. The third-order valence-electron chi connectivity index (χ3n) is 5.66. The minimum absolute atomic E-state index is 0.0334. The predicted octanol–water partition coefficient (Wildman–Crippen LogP) is 4.67. The lowest BCUT2D eigenvalue weighted by atomic mass is 9.98. The number of carboxylic acid groups (broad SMARTS) is 1. The van der Waals surface area contributed by atoms with E-state index in [-0.39, 0.29) is 18.9 Å². The molecule has 0 heterocycles. The second kappa shape index (κ2) is 8.60. The number of nitrogens with one attached hydrogen (secondary N) is 1. The van der Waals surface area contributed by atoms with E-state index in [1.165, 1.54) is 18.2 Å². The normalized spacial score (nSPS) is 13.2. The van der Waals surface area contributed by atoms with Gasteiger partial charge < -0.3 is 15.2 Å². The van der Waals surface area contributed by atoms with Crippen molar-refractivity contribution in [2.75, 3.05) is 6.61 Å². The second-order valence-corrected chi connectivity index (χ2v) is 7.64. The van der Waals surface area contributed by atoms with Gasteiger partial charge in [-0.05, 0) is 52.4 Å². The van der Waals surface area contributed by atoms with Crippen molar-refractivity contribution in [3.63, 3.8) is 0 Å². The highest BCUT2D eigenvalue weighted by Gasteiger charge is 2.29. The van der Waals surface area contributed by atoms with E-state index >= 15 is 0 Å². The second-order valence-electron chi connectivity index (χ2n) is 7.64. The molecule has 6 heteroatoms. The number of hydrogen-bond donors (Lipinski definition) is 2. The summed E-state index contributed by atoms with van der Waals surface area (Å²) >= 11 is 0. The Morgan fingerprint density at radius 3 is 2.23 bits per heavy atom. The molecule has 1 aliphatic rings. The first-order chi connectivity index (χ1) is 14.9. The van der Waals surface area contributed by atoms with E-state index in [1.807, 2.05) is 48.5 Å². The Hall–Kier alpha value is -3.67. The van der Waals surface area contributed by atoms with Crippen LogP contribution in [0.4, 0.5) is 9.18 Å². The SMILES string of the molecule is Cc1cc(F)ccc1CC(NC(=O)OCC1c2ccccc2-c2ccccc21)C(=O)O. The number of alkyl carbamates (subject to hydrolysis) is 1. The van der Waals surface area contributed by atoms with Gasteiger partial charge in [0.15, 0.2) is 0 Å². The lowest BCUT2D eigenvalue weighted by Crippen LogP contribution is -2.43. The number of aliphatic carboxylic acids is 1. The topological polar surface area (TPSA) is 75.6 Å². The Morgan fingerprint density at radius 1 is 1.03 bits per heavy atom. The zero-order valence-corrected chi connectivity index (χ0v) is 17.0. The fourth-order valence-electron chi connectivity index (χ4n) is 4.09. The number of aryl methyl sites for hydroxylation is 1. The zero-order valence-electron chi connectivity index (χ0n) is 17.0. The van der Waals surface area contributed by atoms with Crippen molar-refractivity contribution in [3.05, 3.63) is 94.8 Å². The van der Waals surface area contributed by atoms with Gasteiger partial charge in [-0.25, -0.2) is 14.0 Å². The molecule has 1 unspecified atom stereocenters. The first-order valence-electron chi connectivity index (χ1n) is 10.0. The van der Waals surface area contributed by atoms with Gasteiger partial charge in [0.1, 0.15) is 18.5 Å². The standard InChI is InChI=1S/C25H22FNO4/c1-15-12-17(26)11-10-16(15)13-23(24(28)29)27-25(30)31-14-22-20-8-4-2-6-18(20)19-7-3-5-9-21(19)22/h2-12,22-23H,13-14H2,1H3,(H,27,30)(H,28,29). The van der Waals surface area contributed by atoms with Gasteiger partial charge in [-0.3, -0.25) is 0 Å². The summed E-state index contributed by atoms with van der Waals surface area (Å²) in [4.78, 5) is 24.1. The summed E-state index contributed by atoms with van der Waals surface area (Å²) in [6.07, 6.45) is -0.764. The third-order valence-corrected chi connectivity index (χ3v) is 5.66. The summed E-state index contributed by atoms with van der Waals surface area (Å²) in [6.45, 7) is 1.80. The van der Waals surface area contributed by atoms with Gasteiger partial charge in [0.2, 0.25) is 0 Å². The molecule has 1 amide bonds. The van der Waals surface area contributed by atoms with Crippen LogP contribution in [0.1, 0.15) is 28.2 Å². The van der Waals surface area contributed by atoms with Crippen LogP contribution >= 0.6 is 0 Å². The number of amides is 1. The molecule has 5 nitrogen and oxygen atoms in total. The van der Waals surface area contributed by atoms with Crippen LogP contribution in [0.3, 0.4) is 0 Å². The van der Waals surface area contributed by atoms with Crippen molar-refractivity contribution in [2.45, 2.75) is 25.3 Å². The van der Waals surface area contributed by atoms with Gasteiger partial charge in [-0.15, -0.1) is 0 Å². The molecule has 0 bridgehead atoms. The smallest absolute Gasteiger partial charge is 0.407 e. The first kappa shape index (κ1) is 20.6. The zero-order chi connectivity index (χ0) is 22.0. The number of benzene rings is 3. The predicted molar refractivity (Wildman–Crippen MR) is 114 cm³/mol. The molecule has 0 aromatic heterocycles. The van der Waals surface area contributed by atoms with Crippen LogP contribution in [0.2, 0.25) is 0 Å². The fraction of sp³-hybridized carbons (Fsp3) is 0.200. The summed E-state index contributed by atoms with van der Waals surface area (Å²) in [7, 11) is 0. The van der Waals surface area contributed by atoms with E-state index in [0.29, 0.717) is 11.1 Å². The van der Waals surface area contributed by atoms with E-state index in [9.17, 15) is 19.1 Å². The maximum absolute atomic E-state index is 13.3. The molecule has 0 fully saturated rings. The van der Waals surface area contributed by atoms with Gasteiger partial charge in [-0.2, -0.15) is 0 Å². The average molecular weight is 419 g/mol. The highest BCUT2D eigenvalue weighted by Crippen LogP contribution is 2.44. The number of carbonyl (C=O) groups excluding carboxylic acids is 1. The Morgan fingerprint density at radius 2 is 1.65 bits per heavy atom. The van der Waals surface area contributed by atoms with Gasteiger partial charge in [0.25, 0.3) is 0 Å². The van der Waals surface area contributed by atoms with E-state index < -0.39 is 23.9 Å². The van der Waals surface area contributed by atoms with Crippen LogP contribution < -0.4 is 5.32 Å². The minimum Gasteiger partial charge on any atom is -0.480 e. The highest BCUT2D eigenvalue weighted by molar-refractivity contribution is 5.81. The summed E-state index contributed by atoms with van der Waals surface area (Å²) in [5.74, 6) is -1.68. The van der Waals surface area contributed by atoms with Crippen molar-refractivity contribution >= 4 is 12.1 Å². The lowest BCUT2D eigenvalue weighted by Gasteiger charge is -2.18. The summed E-state index contributed by atoms with van der Waals surface area (Å²) in [5, 5.41) is 11.9. The molecule has 0 radical (unpaired) electrons. The number of ether oxygens (including phenoxy) is 1. The number of fused-ring (bicyclic) bond motifs is 3. The quantitative estimate of drug-likeness (QED) is 0.609. The van der Waals surface area contributed by atoms with Crippen molar-refractivity contribution in [1.82, 2.24) is 5.32 Å². The maximum Gasteiger partial charge on any atom is 0.407 e. The van der Waals surface area contributed by atoms with Crippen molar-refractivity contribution < 1.29 is 23.8 Å². The van der Waals surface area contributed by atoms with E-state index in [4.69, 9.17) is 4.74 Å². The Labute approximate surface area is 179 Å². The van der Waals surface area contributed by atoms with Crippen molar-refractivity contribution in [1.29, 1.82) is 0 Å². The number of hydrogen-bond acceptors (Lipinski definition) is 3. The Kier molecular flexibility index (Phi) is 5.71. The fourth-order valence-corrected chi connectivity index (χ4v) is 4.09. The molecule has 3 aromatic rings. The minimum atomic E-state index is -1.18.